The smallest absolute Gasteiger partial charge is 0.251 e. The van der Waals surface area contributed by atoms with E-state index in [0.717, 1.165) is 22.5 Å². The lowest BCUT2D eigenvalue weighted by molar-refractivity contribution is -0.121. The van der Waals surface area contributed by atoms with Gasteiger partial charge in [0, 0.05) is 14.0 Å². The lowest BCUT2D eigenvalue weighted by Gasteiger charge is -2.38. The van der Waals surface area contributed by atoms with E-state index in [1.807, 2.05) is 44.2 Å². The fourth-order valence-electron chi connectivity index (χ4n) is 2.93. The van der Waals surface area contributed by atoms with E-state index in [4.69, 9.17) is 4.74 Å². The molecule has 0 spiro atoms. The largest absolute Gasteiger partial charge is 0.462 e. The van der Waals surface area contributed by atoms with Crippen molar-refractivity contribution in [2.45, 2.75) is 32.6 Å². The average Bonchev–Trinajstić information content (AvgIpc) is 2.53. The Labute approximate surface area is 141 Å². The molecule has 5 nitrogen and oxygen atoms in total. The molecule has 0 aliphatic carbocycles. The predicted molar refractivity (Wildman–Crippen MR) is 93.8 cm³/mol. The number of nitrogens with zero attached hydrogens (tertiary/aromatic N) is 1. The first kappa shape index (κ1) is 16.3. The van der Waals surface area contributed by atoms with Crippen LogP contribution in [0.4, 0.5) is 11.4 Å². The number of hydrogen-bond acceptors (Lipinski definition) is 3. The van der Waals surface area contributed by atoms with Gasteiger partial charge in [0.25, 0.3) is 5.91 Å². The van der Waals surface area contributed by atoms with Crippen molar-refractivity contribution >= 4 is 17.3 Å². The second-order valence-corrected chi connectivity index (χ2v) is 6.56. The maximum atomic E-state index is 12.4. The van der Waals surface area contributed by atoms with E-state index in [1.54, 1.807) is 24.1 Å². The van der Waals surface area contributed by atoms with Crippen molar-refractivity contribution in [3.05, 3.63) is 42.5 Å². The monoisotopic (exact) mass is 325 g/mol. The molecule has 0 saturated heterocycles. The standard InChI is InChI=1S/C19H21N2O3/c1-12(22)24-15-8-5-13(6-9-15)14-7-10-16-17(11-14)21(4)18(23)19(2,3)20-16/h5-12,20H,1-4H3. The number of fused-ring (bicyclic) bond motifs is 1. The predicted octanol–water partition coefficient (Wildman–Crippen LogP) is 3.68. The molecule has 1 N–H and O–H groups in total. The van der Waals surface area contributed by atoms with Crippen molar-refractivity contribution in [2.24, 2.45) is 0 Å². The first-order valence-electron chi connectivity index (χ1n) is 7.91. The molecule has 3 rings (SSSR count). The van der Waals surface area contributed by atoms with Crippen molar-refractivity contribution in [1.29, 1.82) is 0 Å². The second-order valence-electron chi connectivity index (χ2n) is 6.56. The molecule has 0 saturated carbocycles. The van der Waals surface area contributed by atoms with Gasteiger partial charge in [-0.25, -0.2) is 0 Å². The van der Waals surface area contributed by atoms with Crippen LogP contribution in [-0.2, 0) is 9.90 Å². The molecule has 1 radical (unpaired) electrons. The van der Waals surface area contributed by atoms with Crippen LogP contribution in [-0.4, -0.2) is 24.8 Å². The average molecular weight is 325 g/mol. The van der Waals surface area contributed by atoms with E-state index < -0.39 is 11.8 Å². The quantitative estimate of drug-likeness (QED) is 0.876. The van der Waals surface area contributed by atoms with Gasteiger partial charge in [0.15, 0.2) is 0 Å². The third kappa shape index (κ3) is 2.95. The third-order valence-electron chi connectivity index (χ3n) is 4.14. The zero-order valence-corrected chi connectivity index (χ0v) is 14.3. The molecular formula is C19H21N2O3. The molecular weight excluding hydrogens is 304 g/mol. The zero-order valence-electron chi connectivity index (χ0n) is 14.3. The fraction of sp³-hybridized carbons (Fsp3) is 0.316. The number of ether oxygens (including phenoxy) is 1. The molecule has 1 aliphatic rings. The highest BCUT2D eigenvalue weighted by Crippen LogP contribution is 2.37. The van der Waals surface area contributed by atoms with Gasteiger partial charge in [-0.2, -0.15) is 5.11 Å². The summed E-state index contributed by atoms with van der Waals surface area (Å²) in [6.07, 6.45) is -1.09. The first-order chi connectivity index (χ1) is 11.3. The Morgan fingerprint density at radius 1 is 1.08 bits per heavy atom. The highest BCUT2D eigenvalue weighted by Gasteiger charge is 2.36. The summed E-state index contributed by atoms with van der Waals surface area (Å²) in [4.78, 5) is 14.1. The first-order valence-corrected chi connectivity index (χ1v) is 7.91. The molecule has 1 aliphatic heterocycles. The van der Waals surface area contributed by atoms with Crippen molar-refractivity contribution in [3.8, 4) is 16.9 Å². The van der Waals surface area contributed by atoms with Gasteiger partial charge in [0.05, 0.1) is 11.4 Å². The normalized spacial score (nSPS) is 17.0. The Balaban J connectivity index is 1.93. The number of anilines is 2. The van der Waals surface area contributed by atoms with Crippen molar-refractivity contribution in [2.75, 3.05) is 17.3 Å². The van der Waals surface area contributed by atoms with Gasteiger partial charge < -0.3 is 15.0 Å². The van der Waals surface area contributed by atoms with Gasteiger partial charge in [0.2, 0.25) is 6.29 Å². The minimum absolute atomic E-state index is 0.0281. The van der Waals surface area contributed by atoms with Gasteiger partial charge in [-0.3, -0.25) is 4.79 Å². The summed E-state index contributed by atoms with van der Waals surface area (Å²) in [6.45, 7) is 5.20. The lowest BCUT2D eigenvalue weighted by atomic mass is 9.96. The van der Waals surface area contributed by atoms with Crippen LogP contribution in [0.2, 0.25) is 0 Å². The molecule has 1 heterocycles. The van der Waals surface area contributed by atoms with Crippen LogP contribution in [0.25, 0.3) is 11.1 Å². The summed E-state index contributed by atoms with van der Waals surface area (Å²) in [5, 5.41) is 14.3. The third-order valence-corrected chi connectivity index (χ3v) is 4.14. The topological polar surface area (TPSA) is 61.5 Å². The van der Waals surface area contributed by atoms with Crippen LogP contribution < -0.4 is 15.0 Å². The van der Waals surface area contributed by atoms with Crippen LogP contribution in [0.15, 0.2) is 42.5 Å². The number of benzene rings is 2. The van der Waals surface area contributed by atoms with E-state index in [9.17, 15) is 9.90 Å². The number of nitrogens with one attached hydrogen (secondary N) is 1. The Morgan fingerprint density at radius 2 is 1.71 bits per heavy atom. The fourth-order valence-corrected chi connectivity index (χ4v) is 2.93. The Bertz CT molecular complexity index is 767. The molecule has 5 heteroatoms. The van der Waals surface area contributed by atoms with E-state index in [-0.39, 0.29) is 5.91 Å². The molecule has 1 amide bonds. The molecule has 1 unspecified atom stereocenters. The van der Waals surface area contributed by atoms with Crippen LogP contribution in [0, 0.1) is 0 Å². The number of likely N-dealkylation sites (N-methyl/N-ethyl adjacent to an activating group) is 1. The number of rotatable bonds is 3. The van der Waals surface area contributed by atoms with E-state index in [1.165, 1.54) is 6.92 Å². The summed E-state index contributed by atoms with van der Waals surface area (Å²) in [5.41, 5.74) is 3.17. The molecule has 125 valence electrons. The molecule has 1 atom stereocenters. The van der Waals surface area contributed by atoms with Gasteiger partial charge >= 0.3 is 0 Å². The Morgan fingerprint density at radius 3 is 2.33 bits per heavy atom. The van der Waals surface area contributed by atoms with Crippen LogP contribution >= 0.6 is 0 Å². The lowest BCUT2D eigenvalue weighted by Crippen LogP contribution is -2.52. The summed E-state index contributed by atoms with van der Waals surface area (Å²) in [5.74, 6) is 0.579. The van der Waals surface area contributed by atoms with E-state index >= 15 is 0 Å². The molecule has 2 aromatic rings. The van der Waals surface area contributed by atoms with Gasteiger partial charge in [0.1, 0.15) is 11.3 Å². The van der Waals surface area contributed by atoms with Crippen LogP contribution in [0.1, 0.15) is 20.8 Å². The summed E-state index contributed by atoms with van der Waals surface area (Å²) in [6, 6.07) is 13.3. The van der Waals surface area contributed by atoms with Gasteiger partial charge in [-0.1, -0.05) is 18.2 Å². The maximum absolute atomic E-state index is 12.4. The van der Waals surface area contributed by atoms with Gasteiger partial charge in [-0.05, 0) is 49.2 Å². The molecule has 0 aromatic heterocycles. The van der Waals surface area contributed by atoms with Crippen LogP contribution in [0.5, 0.6) is 5.75 Å². The molecule has 0 bridgehead atoms. The number of carbonyl (C=O) groups excluding carboxylic acids is 1. The van der Waals surface area contributed by atoms with E-state index in [2.05, 4.69) is 5.32 Å². The molecule has 24 heavy (non-hydrogen) atoms. The minimum Gasteiger partial charge on any atom is -0.462 e. The number of hydrogen-bond donors (Lipinski definition) is 1. The van der Waals surface area contributed by atoms with Crippen molar-refractivity contribution < 1.29 is 14.6 Å². The van der Waals surface area contributed by atoms with Gasteiger partial charge in [-0.15, -0.1) is 0 Å². The molecule has 0 fully saturated rings. The van der Waals surface area contributed by atoms with Crippen LogP contribution in [0.3, 0.4) is 0 Å². The summed E-state index contributed by atoms with van der Waals surface area (Å²) in [7, 11) is 1.79. The zero-order chi connectivity index (χ0) is 17.5. The minimum atomic E-state index is -1.09. The second kappa shape index (κ2) is 5.83. The molecule has 2 aromatic carbocycles. The Kier molecular flexibility index (Phi) is 3.97. The number of amides is 1. The van der Waals surface area contributed by atoms with Crippen molar-refractivity contribution in [3.63, 3.8) is 0 Å². The Hall–Kier alpha value is -2.53. The summed E-state index contributed by atoms with van der Waals surface area (Å²) < 4.78 is 5.13. The SMILES string of the molecule is CC([O])Oc1ccc(-c2ccc3c(c2)N(C)C(=O)C(C)(C)N3)cc1. The highest BCUT2D eigenvalue weighted by molar-refractivity contribution is 6.07. The summed E-state index contributed by atoms with van der Waals surface area (Å²) >= 11 is 0. The van der Waals surface area contributed by atoms with E-state index in [0.29, 0.717) is 5.75 Å². The highest BCUT2D eigenvalue weighted by atomic mass is 16.6. The maximum Gasteiger partial charge on any atom is 0.251 e. The van der Waals surface area contributed by atoms with Crippen molar-refractivity contribution in [1.82, 2.24) is 0 Å². The number of carbonyl (C=O) groups is 1.